The van der Waals surface area contributed by atoms with Crippen molar-refractivity contribution in [3.05, 3.63) is 47.0 Å². The number of hydrogen-bond acceptors (Lipinski definition) is 9. The maximum Gasteiger partial charge on any atom is 0.354 e. The summed E-state index contributed by atoms with van der Waals surface area (Å²) in [6, 6.07) is 8.14. The summed E-state index contributed by atoms with van der Waals surface area (Å²) in [6.45, 7) is 0.0924. The molecule has 1 N–H and O–H groups in total. The van der Waals surface area contributed by atoms with Gasteiger partial charge in [-0.05, 0) is 35.4 Å². The predicted octanol–water partition coefficient (Wildman–Crippen LogP) is 1.34. The van der Waals surface area contributed by atoms with E-state index in [0.717, 1.165) is 0 Å². The third kappa shape index (κ3) is 1.86. The van der Waals surface area contributed by atoms with Gasteiger partial charge in [0.2, 0.25) is 13.6 Å². The summed E-state index contributed by atoms with van der Waals surface area (Å²) in [5, 5.41) is 12.2. The molecule has 0 unspecified atom stereocenters. The van der Waals surface area contributed by atoms with Crippen molar-refractivity contribution in [2.75, 3.05) is 20.7 Å². The van der Waals surface area contributed by atoms with Gasteiger partial charge in [0.25, 0.3) is 5.60 Å². The molecule has 3 heterocycles. The summed E-state index contributed by atoms with van der Waals surface area (Å²) in [7, 11) is 1.19. The Bertz CT molecular complexity index is 1130. The molecule has 1 saturated heterocycles. The molecule has 4 aliphatic rings. The zero-order valence-corrected chi connectivity index (χ0v) is 15.8. The Morgan fingerprint density at radius 3 is 2.43 bits per heavy atom. The molecule has 0 radical (unpaired) electrons. The van der Waals surface area contributed by atoms with Crippen molar-refractivity contribution >= 4 is 11.9 Å². The first kappa shape index (κ1) is 17.4. The van der Waals surface area contributed by atoms with Gasteiger partial charge < -0.3 is 33.5 Å². The van der Waals surface area contributed by atoms with Crippen molar-refractivity contribution in [3.8, 4) is 23.0 Å². The molecule has 0 bridgehead atoms. The first-order valence-electron chi connectivity index (χ1n) is 9.36. The van der Waals surface area contributed by atoms with Crippen LogP contribution in [0.3, 0.4) is 0 Å². The molecule has 0 aromatic heterocycles. The molecule has 1 aliphatic carbocycles. The number of fused-ring (bicyclic) bond motifs is 5. The van der Waals surface area contributed by atoms with E-state index in [1.807, 2.05) is 0 Å². The van der Waals surface area contributed by atoms with E-state index >= 15 is 0 Å². The highest BCUT2D eigenvalue weighted by molar-refractivity contribution is 5.94. The van der Waals surface area contributed by atoms with E-state index < -0.39 is 29.1 Å². The number of esters is 2. The van der Waals surface area contributed by atoms with Gasteiger partial charge in [-0.25, -0.2) is 4.79 Å². The fourth-order valence-electron chi connectivity index (χ4n) is 4.99. The molecule has 0 spiro atoms. The van der Waals surface area contributed by atoms with E-state index in [1.165, 1.54) is 7.11 Å². The van der Waals surface area contributed by atoms with Crippen LogP contribution in [-0.4, -0.2) is 43.3 Å². The Balaban J connectivity index is 1.66. The Morgan fingerprint density at radius 1 is 1.03 bits per heavy atom. The Hall–Kier alpha value is -3.46. The van der Waals surface area contributed by atoms with Gasteiger partial charge in [-0.2, -0.15) is 0 Å². The predicted molar refractivity (Wildman–Crippen MR) is 96.3 cm³/mol. The third-order valence-corrected chi connectivity index (χ3v) is 6.26. The minimum Gasteiger partial charge on any atom is -0.466 e. The molecule has 1 fully saturated rings. The van der Waals surface area contributed by atoms with Crippen LogP contribution in [0, 0.1) is 0 Å². The largest absolute Gasteiger partial charge is 0.466 e. The highest BCUT2D eigenvalue weighted by Crippen LogP contribution is 2.63. The fourth-order valence-corrected chi connectivity index (χ4v) is 4.99. The van der Waals surface area contributed by atoms with Crippen LogP contribution in [0.2, 0.25) is 0 Å². The van der Waals surface area contributed by atoms with Crippen molar-refractivity contribution in [1.29, 1.82) is 0 Å². The van der Waals surface area contributed by atoms with Crippen LogP contribution in [0.4, 0.5) is 0 Å². The maximum absolute atomic E-state index is 13.1. The first-order chi connectivity index (χ1) is 14.5. The molecule has 2 aromatic rings. The van der Waals surface area contributed by atoms with Gasteiger partial charge in [-0.3, -0.25) is 4.79 Å². The van der Waals surface area contributed by atoms with Crippen molar-refractivity contribution < 1.29 is 43.1 Å². The van der Waals surface area contributed by atoms with Crippen LogP contribution in [0.15, 0.2) is 30.3 Å². The SMILES string of the molecule is COC(=O)[C@]12OC(=O)C[C@H]1c1cc3c(cc1[C@@]2(O)c1ccc2c(c1)OCO2)OCO3. The summed E-state index contributed by atoms with van der Waals surface area (Å²) in [5.74, 6) is -0.391. The number of carbonyl (C=O) groups excluding carboxylic acids is 2. The van der Waals surface area contributed by atoms with Gasteiger partial charge in [0.05, 0.1) is 13.5 Å². The summed E-state index contributed by atoms with van der Waals surface area (Å²) in [4.78, 5) is 25.5. The van der Waals surface area contributed by atoms with Crippen LogP contribution in [0.1, 0.15) is 29.0 Å². The summed E-state index contributed by atoms with van der Waals surface area (Å²) in [6.07, 6.45) is -0.0887. The van der Waals surface area contributed by atoms with Gasteiger partial charge in [0.1, 0.15) is 0 Å². The number of carbonyl (C=O) groups is 2. The molecule has 9 heteroatoms. The van der Waals surface area contributed by atoms with E-state index in [4.69, 9.17) is 28.4 Å². The summed E-state index contributed by atoms with van der Waals surface area (Å²) >= 11 is 0. The van der Waals surface area contributed by atoms with Crippen molar-refractivity contribution in [2.45, 2.75) is 23.5 Å². The highest BCUT2D eigenvalue weighted by Gasteiger charge is 2.74. The van der Waals surface area contributed by atoms with E-state index in [-0.39, 0.29) is 20.0 Å². The lowest BCUT2D eigenvalue weighted by Gasteiger charge is -2.39. The number of aliphatic hydroxyl groups is 1. The Morgan fingerprint density at radius 2 is 1.70 bits per heavy atom. The van der Waals surface area contributed by atoms with Crippen molar-refractivity contribution in [3.63, 3.8) is 0 Å². The van der Waals surface area contributed by atoms with Crippen molar-refractivity contribution in [1.82, 2.24) is 0 Å². The molecule has 30 heavy (non-hydrogen) atoms. The number of rotatable bonds is 2. The smallest absolute Gasteiger partial charge is 0.354 e. The molecular formula is C21H16O9. The zero-order valence-electron chi connectivity index (χ0n) is 15.8. The quantitative estimate of drug-likeness (QED) is 0.731. The zero-order chi connectivity index (χ0) is 20.7. The van der Waals surface area contributed by atoms with Crippen LogP contribution in [0.25, 0.3) is 0 Å². The average Bonchev–Trinajstić information content (AvgIpc) is 3.50. The van der Waals surface area contributed by atoms with Gasteiger partial charge in [0, 0.05) is 11.5 Å². The molecule has 6 rings (SSSR count). The lowest BCUT2D eigenvalue weighted by atomic mass is 9.74. The van der Waals surface area contributed by atoms with Gasteiger partial charge in [-0.1, -0.05) is 6.07 Å². The first-order valence-corrected chi connectivity index (χ1v) is 9.36. The standard InChI is InChI=1S/C21H16O9/c1-25-19(23)21-13(7-18(22)30-21)11-5-16-17(29-9-28-16)6-12(11)20(21,24)10-2-3-14-15(4-10)27-8-26-14/h2-6,13,24H,7-9H2,1H3/t13-,20-,21+/m0/s1. The molecule has 3 atom stereocenters. The second-order valence-corrected chi connectivity index (χ2v) is 7.53. The number of hydrogen-bond donors (Lipinski definition) is 1. The van der Waals surface area contributed by atoms with Crippen LogP contribution < -0.4 is 18.9 Å². The minimum atomic E-state index is -2.05. The number of methoxy groups -OCH3 is 1. The molecule has 0 saturated carbocycles. The van der Waals surface area contributed by atoms with Gasteiger partial charge in [-0.15, -0.1) is 0 Å². The normalized spacial score (nSPS) is 29.4. The third-order valence-electron chi connectivity index (χ3n) is 6.26. The molecule has 154 valence electrons. The van der Waals surface area contributed by atoms with Crippen molar-refractivity contribution in [2.24, 2.45) is 0 Å². The average molecular weight is 412 g/mol. The van der Waals surface area contributed by atoms with E-state index in [1.54, 1.807) is 30.3 Å². The summed E-state index contributed by atoms with van der Waals surface area (Å²) < 4.78 is 32.4. The topological polar surface area (TPSA) is 110 Å². The Labute approximate surface area is 170 Å². The summed E-state index contributed by atoms with van der Waals surface area (Å²) in [5.41, 5.74) is -2.79. The monoisotopic (exact) mass is 412 g/mol. The molecular weight excluding hydrogens is 396 g/mol. The van der Waals surface area contributed by atoms with Gasteiger partial charge in [0.15, 0.2) is 28.6 Å². The lowest BCUT2D eigenvalue weighted by molar-refractivity contribution is -0.197. The van der Waals surface area contributed by atoms with Crippen LogP contribution in [0.5, 0.6) is 23.0 Å². The second kappa shape index (κ2) is 5.57. The minimum absolute atomic E-state index is 0.0446. The van der Waals surface area contributed by atoms with Crippen LogP contribution in [-0.2, 0) is 24.7 Å². The molecule has 3 aliphatic heterocycles. The second-order valence-electron chi connectivity index (χ2n) is 7.53. The Kier molecular flexibility index (Phi) is 3.23. The molecule has 9 nitrogen and oxygen atoms in total. The molecule has 0 amide bonds. The maximum atomic E-state index is 13.1. The van der Waals surface area contributed by atoms with E-state index in [2.05, 4.69) is 0 Å². The fraction of sp³-hybridized carbons (Fsp3) is 0.333. The number of benzene rings is 2. The van der Waals surface area contributed by atoms with E-state index in [0.29, 0.717) is 39.7 Å². The highest BCUT2D eigenvalue weighted by atomic mass is 16.7. The van der Waals surface area contributed by atoms with E-state index in [9.17, 15) is 14.7 Å². The van der Waals surface area contributed by atoms with Gasteiger partial charge >= 0.3 is 11.9 Å². The van der Waals surface area contributed by atoms with Crippen LogP contribution >= 0.6 is 0 Å². The molecule has 2 aromatic carbocycles. The number of ether oxygens (including phenoxy) is 6. The lowest BCUT2D eigenvalue weighted by Crippen LogP contribution is -2.57.